The second-order valence-electron chi connectivity index (χ2n) is 8.58. The average molecular weight is 510 g/mol. The van der Waals surface area contributed by atoms with E-state index >= 15 is 0 Å². The first-order valence-corrected chi connectivity index (χ1v) is 12.9. The van der Waals surface area contributed by atoms with E-state index in [-0.39, 0.29) is 18.7 Å². The van der Waals surface area contributed by atoms with Gasteiger partial charge < -0.3 is 24.8 Å². The molecule has 1 amide bonds. The minimum Gasteiger partial charge on any atom is -0.493 e. The molecule has 1 aromatic heterocycles. The number of aromatic nitrogens is 1. The van der Waals surface area contributed by atoms with Gasteiger partial charge in [0.15, 0.2) is 5.13 Å². The molecule has 0 saturated carbocycles. The smallest absolute Gasteiger partial charge is 0.303 e. The number of aryl methyl sites for hydroxylation is 2. The van der Waals surface area contributed by atoms with Crippen molar-refractivity contribution in [1.29, 1.82) is 0 Å². The van der Waals surface area contributed by atoms with Gasteiger partial charge in [-0.2, -0.15) is 0 Å². The molecule has 190 valence electrons. The first kappa shape index (κ1) is 25.7. The third-order valence-corrected chi connectivity index (χ3v) is 7.07. The fraction of sp³-hybridized carbons (Fsp3) is 0.370. The molecule has 9 heteroatoms. The molecule has 0 atom stereocenters. The normalized spacial score (nSPS) is 13.4. The van der Waals surface area contributed by atoms with E-state index in [1.54, 1.807) is 29.5 Å². The highest BCUT2D eigenvalue weighted by atomic mass is 32.1. The van der Waals surface area contributed by atoms with Crippen LogP contribution < -0.4 is 15.0 Å². The molecule has 4 rings (SSSR count). The Morgan fingerprint density at radius 3 is 2.67 bits per heavy atom. The summed E-state index contributed by atoms with van der Waals surface area (Å²) in [6, 6.07) is 14.9. The number of morpholine rings is 1. The standard InChI is InChI=1S/C27H31N3O5S/c1-19-24(29-27(36-19)30-12-15-34-16-13-30)11-14-35-22-9-7-21(8-10-25(31)32)23(17-22)26(33)28-18-20-5-3-2-4-6-20/h2-7,9,17H,8,10-16,18H2,1H3,(H,28,33)(H,31,32). The molecule has 1 saturated heterocycles. The molecule has 1 fully saturated rings. The highest BCUT2D eigenvalue weighted by molar-refractivity contribution is 7.15. The number of aliphatic carboxylic acids is 1. The van der Waals surface area contributed by atoms with E-state index in [2.05, 4.69) is 17.1 Å². The summed E-state index contributed by atoms with van der Waals surface area (Å²) < 4.78 is 11.4. The fourth-order valence-corrected chi connectivity index (χ4v) is 5.00. The highest BCUT2D eigenvalue weighted by Crippen LogP contribution is 2.27. The lowest BCUT2D eigenvalue weighted by molar-refractivity contribution is -0.136. The molecule has 2 heterocycles. The van der Waals surface area contributed by atoms with Gasteiger partial charge in [0.05, 0.1) is 25.5 Å². The lowest BCUT2D eigenvalue weighted by Gasteiger charge is -2.26. The van der Waals surface area contributed by atoms with Crippen LogP contribution in [0.15, 0.2) is 48.5 Å². The van der Waals surface area contributed by atoms with Crippen molar-refractivity contribution < 1.29 is 24.2 Å². The van der Waals surface area contributed by atoms with Crippen molar-refractivity contribution >= 4 is 28.3 Å². The van der Waals surface area contributed by atoms with Gasteiger partial charge in [-0.05, 0) is 36.6 Å². The van der Waals surface area contributed by atoms with Crippen LogP contribution in [0.25, 0.3) is 0 Å². The summed E-state index contributed by atoms with van der Waals surface area (Å²) in [5.74, 6) is -0.587. The maximum Gasteiger partial charge on any atom is 0.303 e. The second kappa shape index (κ2) is 12.5. The van der Waals surface area contributed by atoms with E-state index in [4.69, 9.17) is 19.6 Å². The van der Waals surface area contributed by atoms with Gasteiger partial charge in [0.2, 0.25) is 0 Å². The molecule has 0 bridgehead atoms. The van der Waals surface area contributed by atoms with Crippen molar-refractivity contribution in [2.45, 2.75) is 32.7 Å². The first-order valence-electron chi connectivity index (χ1n) is 12.1. The van der Waals surface area contributed by atoms with Crippen molar-refractivity contribution in [3.63, 3.8) is 0 Å². The van der Waals surface area contributed by atoms with Gasteiger partial charge in [-0.25, -0.2) is 4.98 Å². The number of carbonyl (C=O) groups excluding carboxylic acids is 1. The zero-order chi connectivity index (χ0) is 25.3. The van der Waals surface area contributed by atoms with Crippen LogP contribution in [0.2, 0.25) is 0 Å². The molecular weight excluding hydrogens is 478 g/mol. The Hall–Kier alpha value is -3.43. The largest absolute Gasteiger partial charge is 0.493 e. The molecule has 2 N–H and O–H groups in total. The molecule has 0 unspecified atom stereocenters. The summed E-state index contributed by atoms with van der Waals surface area (Å²) in [4.78, 5) is 32.3. The lowest BCUT2D eigenvalue weighted by atomic mass is 10.0. The minimum atomic E-state index is -0.902. The van der Waals surface area contributed by atoms with E-state index in [0.29, 0.717) is 36.4 Å². The van der Waals surface area contributed by atoms with Gasteiger partial charge in [-0.3, -0.25) is 9.59 Å². The van der Waals surface area contributed by atoms with Crippen molar-refractivity contribution in [2.24, 2.45) is 0 Å². The van der Waals surface area contributed by atoms with E-state index in [1.807, 2.05) is 30.3 Å². The maximum atomic E-state index is 13.0. The molecule has 1 aliphatic heterocycles. The van der Waals surface area contributed by atoms with E-state index in [9.17, 15) is 9.59 Å². The highest BCUT2D eigenvalue weighted by Gasteiger charge is 2.18. The number of carboxylic acid groups (broad SMARTS) is 1. The number of benzene rings is 2. The number of thiazole rings is 1. The van der Waals surface area contributed by atoms with E-state index in [1.165, 1.54) is 4.88 Å². The number of rotatable bonds is 11. The Morgan fingerprint density at radius 1 is 1.14 bits per heavy atom. The van der Waals surface area contributed by atoms with Crippen molar-refractivity contribution in [1.82, 2.24) is 10.3 Å². The zero-order valence-electron chi connectivity index (χ0n) is 20.4. The number of anilines is 1. The second-order valence-corrected chi connectivity index (χ2v) is 9.76. The number of carbonyl (C=O) groups is 2. The first-order chi connectivity index (χ1) is 17.5. The Balaban J connectivity index is 1.40. The predicted molar refractivity (Wildman–Crippen MR) is 139 cm³/mol. The number of nitrogens with zero attached hydrogens (tertiary/aromatic N) is 2. The number of nitrogens with one attached hydrogen (secondary N) is 1. The van der Waals surface area contributed by atoms with Crippen LogP contribution in [0.3, 0.4) is 0 Å². The molecule has 2 aromatic carbocycles. The summed E-state index contributed by atoms with van der Waals surface area (Å²) in [5.41, 5.74) is 3.12. The van der Waals surface area contributed by atoms with E-state index in [0.717, 1.165) is 42.7 Å². The van der Waals surface area contributed by atoms with Gasteiger partial charge in [-0.1, -0.05) is 36.4 Å². The number of hydrogen-bond acceptors (Lipinski definition) is 7. The summed E-state index contributed by atoms with van der Waals surface area (Å²) in [7, 11) is 0. The van der Waals surface area contributed by atoms with Gasteiger partial charge >= 0.3 is 5.97 Å². The van der Waals surface area contributed by atoms with E-state index < -0.39 is 5.97 Å². The fourth-order valence-electron chi connectivity index (χ4n) is 3.99. The summed E-state index contributed by atoms with van der Waals surface area (Å²) in [6.45, 7) is 6.04. The number of amides is 1. The van der Waals surface area contributed by atoms with Crippen molar-refractivity contribution in [3.8, 4) is 5.75 Å². The maximum absolute atomic E-state index is 13.0. The number of hydrogen-bond donors (Lipinski definition) is 2. The van der Waals surface area contributed by atoms with Gasteiger partial charge in [0.1, 0.15) is 5.75 Å². The average Bonchev–Trinajstić information content (AvgIpc) is 3.27. The predicted octanol–water partition coefficient (Wildman–Crippen LogP) is 3.86. The quantitative estimate of drug-likeness (QED) is 0.405. The molecule has 0 spiro atoms. The SMILES string of the molecule is Cc1sc(N2CCOCC2)nc1CCOc1ccc(CCC(=O)O)c(C(=O)NCc2ccccc2)c1. The Morgan fingerprint density at radius 2 is 1.92 bits per heavy atom. The molecule has 3 aromatic rings. The van der Waals surface area contributed by atoms with Crippen LogP contribution in [-0.2, 0) is 28.9 Å². The number of ether oxygens (including phenoxy) is 2. The van der Waals surface area contributed by atoms with Crippen LogP contribution in [-0.4, -0.2) is 54.9 Å². The third-order valence-electron chi connectivity index (χ3n) is 6.00. The lowest BCUT2D eigenvalue weighted by Crippen LogP contribution is -2.36. The third kappa shape index (κ3) is 7.05. The minimum absolute atomic E-state index is 0.0479. The van der Waals surface area contributed by atoms with Gasteiger partial charge in [0.25, 0.3) is 5.91 Å². The summed E-state index contributed by atoms with van der Waals surface area (Å²) in [5, 5.41) is 13.1. The Kier molecular flexibility index (Phi) is 8.91. The molecule has 0 radical (unpaired) electrons. The monoisotopic (exact) mass is 509 g/mol. The summed E-state index contributed by atoms with van der Waals surface area (Å²) >= 11 is 1.69. The van der Waals surface area contributed by atoms with Crippen LogP contribution >= 0.6 is 11.3 Å². The van der Waals surface area contributed by atoms with Crippen LogP contribution in [0.5, 0.6) is 5.75 Å². The number of carboxylic acids is 1. The molecule has 8 nitrogen and oxygen atoms in total. The molecular formula is C27H31N3O5S. The topological polar surface area (TPSA) is 101 Å². The van der Waals surface area contributed by atoms with Crippen LogP contribution in [0.1, 0.15) is 38.5 Å². The molecule has 0 aliphatic carbocycles. The van der Waals surface area contributed by atoms with Crippen LogP contribution in [0.4, 0.5) is 5.13 Å². The van der Waals surface area contributed by atoms with Gasteiger partial charge in [0, 0.05) is 42.9 Å². The Bertz CT molecular complexity index is 1180. The molecule has 36 heavy (non-hydrogen) atoms. The van der Waals surface area contributed by atoms with Crippen molar-refractivity contribution in [3.05, 3.63) is 75.8 Å². The zero-order valence-corrected chi connectivity index (χ0v) is 21.2. The van der Waals surface area contributed by atoms with Gasteiger partial charge in [-0.15, -0.1) is 11.3 Å². The molecule has 1 aliphatic rings. The Labute approximate surface area is 214 Å². The van der Waals surface area contributed by atoms with Crippen molar-refractivity contribution in [2.75, 3.05) is 37.8 Å². The van der Waals surface area contributed by atoms with Crippen LogP contribution in [0, 0.1) is 6.92 Å². The summed E-state index contributed by atoms with van der Waals surface area (Å²) in [6.07, 6.45) is 0.878.